The minimum absolute atomic E-state index is 0.109. The molecular formula is C18H16FN3O. The van der Waals surface area contributed by atoms with Gasteiger partial charge in [0.1, 0.15) is 11.5 Å². The molecule has 1 atom stereocenters. The molecular weight excluding hydrogens is 293 g/mol. The predicted octanol–water partition coefficient (Wildman–Crippen LogP) is 3.46. The number of rotatable bonds is 1. The fourth-order valence-corrected chi connectivity index (χ4v) is 3.36. The van der Waals surface area contributed by atoms with Gasteiger partial charge < -0.3 is 9.88 Å². The van der Waals surface area contributed by atoms with Gasteiger partial charge in [0.25, 0.3) is 5.91 Å². The molecule has 0 aliphatic carbocycles. The first-order valence-electron chi connectivity index (χ1n) is 7.66. The lowest BCUT2D eigenvalue weighted by atomic mass is 9.92. The molecule has 0 saturated carbocycles. The van der Waals surface area contributed by atoms with Crippen LogP contribution in [0.25, 0.3) is 11.0 Å². The number of fused-ring (bicyclic) bond motifs is 2. The molecule has 23 heavy (non-hydrogen) atoms. The zero-order valence-corrected chi connectivity index (χ0v) is 12.7. The molecule has 116 valence electrons. The van der Waals surface area contributed by atoms with Crippen LogP contribution < -0.4 is 0 Å². The van der Waals surface area contributed by atoms with E-state index in [1.807, 2.05) is 25.1 Å². The molecule has 0 spiro atoms. The largest absolute Gasteiger partial charge is 0.346 e. The number of H-pyrrole nitrogens is 1. The Balaban J connectivity index is 1.70. The van der Waals surface area contributed by atoms with E-state index in [9.17, 15) is 9.18 Å². The average Bonchev–Trinajstić information content (AvgIpc) is 3.02. The summed E-state index contributed by atoms with van der Waals surface area (Å²) >= 11 is 0. The summed E-state index contributed by atoms with van der Waals surface area (Å²) in [4.78, 5) is 21.8. The quantitative estimate of drug-likeness (QED) is 0.748. The SMILES string of the molecule is CC1c2c(F)cccc2CCN1C(=O)c1cnc2[nH]ccc2c1. The highest BCUT2D eigenvalue weighted by Crippen LogP contribution is 2.32. The number of nitrogens with one attached hydrogen (secondary N) is 1. The van der Waals surface area contributed by atoms with Gasteiger partial charge in [-0.25, -0.2) is 9.37 Å². The lowest BCUT2D eigenvalue weighted by Gasteiger charge is -2.35. The van der Waals surface area contributed by atoms with Crippen molar-refractivity contribution in [2.24, 2.45) is 0 Å². The van der Waals surface area contributed by atoms with E-state index in [-0.39, 0.29) is 17.8 Å². The highest BCUT2D eigenvalue weighted by atomic mass is 19.1. The monoisotopic (exact) mass is 309 g/mol. The first kappa shape index (κ1) is 13.9. The van der Waals surface area contributed by atoms with Crippen molar-refractivity contribution in [2.45, 2.75) is 19.4 Å². The molecule has 0 saturated heterocycles. The molecule has 1 N–H and O–H groups in total. The molecule has 0 fully saturated rings. The zero-order chi connectivity index (χ0) is 16.0. The van der Waals surface area contributed by atoms with Crippen molar-refractivity contribution in [1.29, 1.82) is 0 Å². The van der Waals surface area contributed by atoms with Gasteiger partial charge in [-0.2, -0.15) is 0 Å². The number of carbonyl (C=O) groups excluding carboxylic acids is 1. The number of nitrogens with zero attached hydrogens (tertiary/aromatic N) is 2. The molecule has 1 unspecified atom stereocenters. The van der Waals surface area contributed by atoms with E-state index >= 15 is 0 Å². The number of hydrogen-bond acceptors (Lipinski definition) is 2. The standard InChI is InChI=1S/C18H16FN3O/c1-11-16-12(3-2-4-15(16)19)6-8-22(11)18(23)14-9-13-5-7-20-17(13)21-10-14/h2-5,7,9-11H,6,8H2,1H3,(H,20,21). The number of aromatic amines is 1. The maximum atomic E-state index is 14.2. The molecule has 3 heterocycles. The Bertz CT molecular complexity index is 902. The van der Waals surface area contributed by atoms with Crippen molar-refractivity contribution in [3.8, 4) is 0 Å². The van der Waals surface area contributed by atoms with Crippen molar-refractivity contribution >= 4 is 16.9 Å². The van der Waals surface area contributed by atoms with Gasteiger partial charge in [0, 0.05) is 29.9 Å². The van der Waals surface area contributed by atoms with Gasteiger partial charge >= 0.3 is 0 Å². The Labute approximate surface area is 133 Å². The van der Waals surface area contributed by atoms with E-state index in [0.29, 0.717) is 24.1 Å². The molecule has 0 radical (unpaired) electrons. The summed E-state index contributed by atoms with van der Waals surface area (Å²) in [5.74, 6) is -0.353. The molecule has 3 aromatic rings. The Morgan fingerprint density at radius 3 is 3.13 bits per heavy atom. The second-order valence-corrected chi connectivity index (χ2v) is 5.88. The van der Waals surface area contributed by atoms with Crippen LogP contribution >= 0.6 is 0 Å². The molecule has 1 aliphatic rings. The van der Waals surface area contributed by atoms with Gasteiger partial charge in [-0.05, 0) is 37.1 Å². The highest BCUT2D eigenvalue weighted by Gasteiger charge is 2.30. The third-order valence-corrected chi connectivity index (χ3v) is 4.56. The number of benzene rings is 1. The minimum Gasteiger partial charge on any atom is -0.346 e. The smallest absolute Gasteiger partial charge is 0.255 e. The number of carbonyl (C=O) groups is 1. The molecule has 0 bridgehead atoms. The van der Waals surface area contributed by atoms with Crippen LogP contribution in [0.15, 0.2) is 42.7 Å². The second kappa shape index (κ2) is 5.19. The summed E-state index contributed by atoms with van der Waals surface area (Å²) in [6.45, 7) is 2.46. The summed E-state index contributed by atoms with van der Waals surface area (Å²) in [5, 5.41) is 0.895. The lowest BCUT2D eigenvalue weighted by molar-refractivity contribution is 0.0674. The molecule has 5 heteroatoms. The van der Waals surface area contributed by atoms with E-state index in [1.165, 1.54) is 6.07 Å². The van der Waals surface area contributed by atoms with E-state index in [4.69, 9.17) is 0 Å². The van der Waals surface area contributed by atoms with Gasteiger partial charge in [-0.15, -0.1) is 0 Å². The lowest BCUT2D eigenvalue weighted by Crippen LogP contribution is -2.39. The van der Waals surface area contributed by atoms with Crippen LogP contribution in [-0.2, 0) is 6.42 Å². The van der Waals surface area contributed by atoms with E-state index in [2.05, 4.69) is 9.97 Å². The predicted molar refractivity (Wildman–Crippen MR) is 85.6 cm³/mol. The van der Waals surface area contributed by atoms with Gasteiger partial charge in [-0.3, -0.25) is 4.79 Å². The molecule has 2 aromatic heterocycles. The van der Waals surface area contributed by atoms with E-state index < -0.39 is 0 Å². The fraction of sp³-hybridized carbons (Fsp3) is 0.222. The van der Waals surface area contributed by atoms with E-state index in [1.54, 1.807) is 23.4 Å². The Morgan fingerprint density at radius 2 is 2.26 bits per heavy atom. The summed E-state index contributed by atoms with van der Waals surface area (Å²) in [5.41, 5.74) is 2.90. The molecule has 4 rings (SSSR count). The van der Waals surface area contributed by atoms with Crippen LogP contribution in [0.1, 0.15) is 34.5 Å². The summed E-state index contributed by atoms with van der Waals surface area (Å²) in [7, 11) is 0. The normalized spacial score (nSPS) is 17.3. The third-order valence-electron chi connectivity index (χ3n) is 4.56. The maximum Gasteiger partial charge on any atom is 0.255 e. The van der Waals surface area contributed by atoms with Crippen LogP contribution in [0.3, 0.4) is 0 Å². The van der Waals surface area contributed by atoms with Crippen LogP contribution in [0.5, 0.6) is 0 Å². The Hall–Kier alpha value is -2.69. The maximum absolute atomic E-state index is 14.2. The molecule has 4 nitrogen and oxygen atoms in total. The van der Waals surface area contributed by atoms with Gasteiger partial charge in [0.15, 0.2) is 0 Å². The van der Waals surface area contributed by atoms with Crippen molar-refractivity contribution < 1.29 is 9.18 Å². The number of amides is 1. The van der Waals surface area contributed by atoms with Crippen LogP contribution in [0, 0.1) is 5.82 Å². The van der Waals surface area contributed by atoms with Crippen molar-refractivity contribution in [1.82, 2.24) is 14.9 Å². The van der Waals surface area contributed by atoms with Gasteiger partial charge in [0.05, 0.1) is 11.6 Å². The number of halogens is 1. The Morgan fingerprint density at radius 1 is 1.39 bits per heavy atom. The second-order valence-electron chi connectivity index (χ2n) is 5.88. The molecule has 1 amide bonds. The van der Waals surface area contributed by atoms with Crippen molar-refractivity contribution in [2.75, 3.05) is 6.54 Å². The van der Waals surface area contributed by atoms with Gasteiger partial charge in [0.2, 0.25) is 0 Å². The topological polar surface area (TPSA) is 49.0 Å². The fourth-order valence-electron chi connectivity index (χ4n) is 3.36. The van der Waals surface area contributed by atoms with E-state index in [0.717, 1.165) is 16.6 Å². The van der Waals surface area contributed by atoms with Crippen LogP contribution in [0.4, 0.5) is 4.39 Å². The minimum atomic E-state index is -0.283. The van der Waals surface area contributed by atoms with Crippen molar-refractivity contribution in [3.63, 3.8) is 0 Å². The van der Waals surface area contributed by atoms with Gasteiger partial charge in [-0.1, -0.05) is 12.1 Å². The number of aromatic nitrogens is 2. The number of pyridine rings is 1. The summed E-state index contributed by atoms with van der Waals surface area (Å²) < 4.78 is 14.2. The highest BCUT2D eigenvalue weighted by molar-refractivity contribution is 5.97. The first-order valence-corrected chi connectivity index (χ1v) is 7.66. The summed E-state index contributed by atoms with van der Waals surface area (Å²) in [6, 6.07) is 8.54. The number of hydrogen-bond donors (Lipinski definition) is 1. The third kappa shape index (κ3) is 2.20. The average molecular weight is 309 g/mol. The first-order chi connectivity index (χ1) is 11.1. The van der Waals surface area contributed by atoms with Crippen molar-refractivity contribution in [3.05, 3.63) is 65.2 Å². The zero-order valence-electron chi connectivity index (χ0n) is 12.7. The molecule has 1 aliphatic heterocycles. The van der Waals surface area contributed by atoms with Crippen LogP contribution in [0.2, 0.25) is 0 Å². The van der Waals surface area contributed by atoms with Crippen LogP contribution in [-0.4, -0.2) is 27.3 Å². The Kier molecular flexibility index (Phi) is 3.15. The summed E-state index contributed by atoms with van der Waals surface area (Å²) in [6.07, 6.45) is 4.04. The molecule has 1 aromatic carbocycles.